The summed E-state index contributed by atoms with van der Waals surface area (Å²) in [6.45, 7) is 1.86. The van der Waals surface area contributed by atoms with Gasteiger partial charge in [0.2, 0.25) is 0 Å². The Kier molecular flexibility index (Phi) is 5.92. The number of benzene rings is 1. The fraction of sp³-hybridized carbons (Fsp3) is 0.300. The molecule has 0 unspecified atom stereocenters. The zero-order chi connectivity index (χ0) is 9.68. The third-order valence-electron chi connectivity index (χ3n) is 1.69. The van der Waals surface area contributed by atoms with Crippen LogP contribution in [0.4, 0.5) is 0 Å². The van der Waals surface area contributed by atoms with Gasteiger partial charge in [0, 0.05) is 0 Å². The fourth-order valence-corrected chi connectivity index (χ4v) is 0.867. The van der Waals surface area contributed by atoms with Crippen LogP contribution in [0.1, 0.15) is 12.5 Å². The summed E-state index contributed by atoms with van der Waals surface area (Å²) in [5.74, 6) is -0.934. The normalized spacial score (nSPS) is 11.5. The van der Waals surface area contributed by atoms with E-state index >= 15 is 0 Å². The molecule has 0 radical (unpaired) electrons. The first-order valence-electron chi connectivity index (χ1n) is 4.08. The van der Waals surface area contributed by atoms with Gasteiger partial charge in [0.1, 0.15) is 0 Å². The zero-order valence-electron chi connectivity index (χ0n) is 7.84. The lowest BCUT2D eigenvalue weighted by Gasteiger charge is -2.07. The lowest BCUT2D eigenvalue weighted by molar-refractivity contribution is -0.149. The molecule has 3 nitrogen and oxygen atoms in total. The number of hydrogen-bond donors (Lipinski definition) is 1. The number of carboxylic acids is 1. The Morgan fingerprint density at radius 3 is 2.50 bits per heavy atom. The molecule has 0 amide bonds. The van der Waals surface area contributed by atoms with Gasteiger partial charge in [-0.05, 0) is 12.5 Å². The molecule has 1 aromatic carbocycles. The van der Waals surface area contributed by atoms with Crippen LogP contribution in [0.3, 0.4) is 0 Å². The third-order valence-corrected chi connectivity index (χ3v) is 1.69. The Labute approximate surface area is 89.1 Å². The topological polar surface area (TPSA) is 46.5 Å². The molecule has 1 aromatic rings. The highest BCUT2D eigenvalue weighted by Crippen LogP contribution is 2.02. The van der Waals surface area contributed by atoms with Crippen LogP contribution in [0.25, 0.3) is 0 Å². The second-order valence-corrected chi connectivity index (χ2v) is 2.78. The molecule has 1 rings (SSSR count). The van der Waals surface area contributed by atoms with Gasteiger partial charge in [0.05, 0.1) is 6.61 Å². The summed E-state index contributed by atoms with van der Waals surface area (Å²) < 4.78 is 5.09. The minimum atomic E-state index is -0.934. The largest absolute Gasteiger partial charge is 0.479 e. The zero-order valence-corrected chi connectivity index (χ0v) is 8.66. The minimum Gasteiger partial charge on any atom is -0.479 e. The SMILES string of the molecule is C[C@H](OCc1ccccc1)C(=O)O.Cl. The van der Waals surface area contributed by atoms with E-state index < -0.39 is 12.1 Å². The molecular formula is C10H13ClO3. The van der Waals surface area contributed by atoms with Crippen LogP contribution < -0.4 is 0 Å². The second-order valence-electron chi connectivity index (χ2n) is 2.78. The maximum absolute atomic E-state index is 10.4. The van der Waals surface area contributed by atoms with Crippen molar-refractivity contribution in [2.24, 2.45) is 0 Å². The van der Waals surface area contributed by atoms with Gasteiger partial charge in [-0.15, -0.1) is 12.4 Å². The third kappa shape index (κ3) is 4.25. The first-order chi connectivity index (χ1) is 6.20. The van der Waals surface area contributed by atoms with E-state index in [4.69, 9.17) is 9.84 Å². The Morgan fingerprint density at radius 2 is 2.00 bits per heavy atom. The highest BCUT2D eigenvalue weighted by Gasteiger charge is 2.10. The first kappa shape index (κ1) is 12.9. The van der Waals surface area contributed by atoms with Crippen LogP contribution in [0.5, 0.6) is 0 Å². The molecule has 0 aromatic heterocycles. The number of ether oxygens (including phenoxy) is 1. The summed E-state index contributed by atoms with van der Waals surface area (Å²) in [6, 6.07) is 9.49. The molecule has 0 saturated carbocycles. The summed E-state index contributed by atoms with van der Waals surface area (Å²) in [7, 11) is 0. The Hall–Kier alpha value is -1.06. The first-order valence-corrected chi connectivity index (χ1v) is 4.08. The van der Waals surface area contributed by atoms with Crippen molar-refractivity contribution < 1.29 is 14.6 Å². The van der Waals surface area contributed by atoms with Gasteiger partial charge < -0.3 is 9.84 Å². The van der Waals surface area contributed by atoms with Crippen molar-refractivity contribution >= 4 is 18.4 Å². The molecule has 0 spiro atoms. The quantitative estimate of drug-likeness (QED) is 0.839. The molecule has 0 saturated heterocycles. The Balaban J connectivity index is 0.00000169. The van der Waals surface area contributed by atoms with E-state index in [9.17, 15) is 4.79 Å². The van der Waals surface area contributed by atoms with Crippen LogP contribution in [0.15, 0.2) is 30.3 Å². The summed E-state index contributed by atoms with van der Waals surface area (Å²) >= 11 is 0. The van der Waals surface area contributed by atoms with E-state index in [0.29, 0.717) is 6.61 Å². The second kappa shape index (κ2) is 6.40. The lowest BCUT2D eigenvalue weighted by Crippen LogP contribution is -2.19. The molecule has 0 aliphatic heterocycles. The standard InChI is InChI=1S/C10H12O3.ClH/c1-8(10(11)12)13-7-9-5-3-2-4-6-9;/h2-6,8H,7H2,1H3,(H,11,12);1H/t8-;/m0./s1. The predicted octanol–water partition coefficient (Wildman–Crippen LogP) is 2.10. The maximum Gasteiger partial charge on any atom is 0.332 e. The van der Waals surface area contributed by atoms with Gasteiger partial charge in [0.15, 0.2) is 6.10 Å². The molecule has 1 atom stereocenters. The van der Waals surface area contributed by atoms with Crippen LogP contribution in [0.2, 0.25) is 0 Å². The van der Waals surface area contributed by atoms with Gasteiger partial charge in [0.25, 0.3) is 0 Å². The molecule has 78 valence electrons. The van der Waals surface area contributed by atoms with Gasteiger partial charge in [-0.25, -0.2) is 4.79 Å². The summed E-state index contributed by atoms with van der Waals surface area (Å²) in [5.41, 5.74) is 0.982. The van der Waals surface area contributed by atoms with Gasteiger partial charge >= 0.3 is 5.97 Å². The summed E-state index contributed by atoms with van der Waals surface area (Å²) in [4.78, 5) is 10.4. The molecule has 0 aliphatic rings. The van der Waals surface area contributed by atoms with Crippen molar-refractivity contribution in [2.75, 3.05) is 0 Å². The predicted molar refractivity (Wildman–Crippen MR) is 55.6 cm³/mol. The van der Waals surface area contributed by atoms with Crippen LogP contribution in [-0.4, -0.2) is 17.2 Å². The number of halogens is 1. The fourth-order valence-electron chi connectivity index (χ4n) is 0.867. The molecule has 14 heavy (non-hydrogen) atoms. The minimum absolute atomic E-state index is 0. The van der Waals surface area contributed by atoms with E-state index in [1.165, 1.54) is 6.92 Å². The van der Waals surface area contributed by atoms with E-state index in [2.05, 4.69) is 0 Å². The molecule has 0 fully saturated rings. The molecule has 0 bridgehead atoms. The maximum atomic E-state index is 10.4. The van der Waals surface area contributed by atoms with Crippen molar-refractivity contribution in [3.8, 4) is 0 Å². The molecule has 1 N–H and O–H groups in total. The average Bonchev–Trinajstić information content (AvgIpc) is 2.15. The Morgan fingerprint density at radius 1 is 1.43 bits per heavy atom. The molecule has 4 heteroatoms. The van der Waals surface area contributed by atoms with Crippen molar-refractivity contribution in [3.05, 3.63) is 35.9 Å². The van der Waals surface area contributed by atoms with Gasteiger partial charge in [-0.1, -0.05) is 30.3 Å². The highest BCUT2D eigenvalue weighted by molar-refractivity contribution is 5.85. The highest BCUT2D eigenvalue weighted by atomic mass is 35.5. The van der Waals surface area contributed by atoms with Crippen molar-refractivity contribution in [1.29, 1.82) is 0 Å². The van der Waals surface area contributed by atoms with Gasteiger partial charge in [-0.3, -0.25) is 0 Å². The van der Waals surface area contributed by atoms with Crippen molar-refractivity contribution in [3.63, 3.8) is 0 Å². The lowest BCUT2D eigenvalue weighted by atomic mass is 10.2. The van der Waals surface area contributed by atoms with E-state index in [0.717, 1.165) is 5.56 Å². The molecule has 0 aliphatic carbocycles. The number of carbonyl (C=O) groups is 1. The van der Waals surface area contributed by atoms with E-state index in [1.807, 2.05) is 30.3 Å². The smallest absolute Gasteiger partial charge is 0.332 e. The molecular weight excluding hydrogens is 204 g/mol. The van der Waals surface area contributed by atoms with Crippen molar-refractivity contribution in [1.82, 2.24) is 0 Å². The average molecular weight is 217 g/mol. The van der Waals surface area contributed by atoms with E-state index in [1.54, 1.807) is 0 Å². The molecule has 0 heterocycles. The number of aliphatic carboxylic acids is 1. The number of carboxylic acid groups (broad SMARTS) is 1. The van der Waals surface area contributed by atoms with Crippen LogP contribution in [0, 0.1) is 0 Å². The van der Waals surface area contributed by atoms with Crippen LogP contribution >= 0.6 is 12.4 Å². The van der Waals surface area contributed by atoms with Crippen LogP contribution in [-0.2, 0) is 16.1 Å². The van der Waals surface area contributed by atoms with Crippen molar-refractivity contribution in [2.45, 2.75) is 19.6 Å². The van der Waals surface area contributed by atoms with Gasteiger partial charge in [-0.2, -0.15) is 0 Å². The summed E-state index contributed by atoms with van der Waals surface area (Å²) in [5, 5.41) is 8.54. The number of hydrogen-bond acceptors (Lipinski definition) is 2. The summed E-state index contributed by atoms with van der Waals surface area (Å²) in [6.07, 6.45) is -0.750. The number of rotatable bonds is 4. The van der Waals surface area contributed by atoms with E-state index in [-0.39, 0.29) is 12.4 Å². The Bertz CT molecular complexity index is 274. The monoisotopic (exact) mass is 216 g/mol.